The van der Waals surface area contributed by atoms with Gasteiger partial charge in [-0.3, -0.25) is 10.2 Å². The number of rotatable bonds is 2. The van der Waals surface area contributed by atoms with Crippen LogP contribution in [0.2, 0.25) is 0 Å². The molecule has 1 aromatic heterocycles. The molecule has 0 fully saturated rings. The summed E-state index contributed by atoms with van der Waals surface area (Å²) in [6.45, 7) is 3.90. The first-order chi connectivity index (χ1) is 5.65. The fourth-order valence-corrected chi connectivity index (χ4v) is 0.720. The molecule has 66 valence electrons. The summed E-state index contributed by atoms with van der Waals surface area (Å²) in [5.41, 5.74) is 1.94. The maximum Gasteiger partial charge on any atom is 0.320 e. The molecule has 0 saturated carbocycles. The van der Waals surface area contributed by atoms with Gasteiger partial charge in [-0.25, -0.2) is 10.8 Å². The molecule has 0 aliphatic rings. The van der Waals surface area contributed by atoms with Crippen LogP contribution in [0.5, 0.6) is 0 Å². The molecule has 0 atom stereocenters. The summed E-state index contributed by atoms with van der Waals surface area (Å²) in [5, 5.41) is 0. The summed E-state index contributed by atoms with van der Waals surface area (Å²) in [5.74, 6) is 5.27. The van der Waals surface area contributed by atoms with Crippen molar-refractivity contribution in [1.29, 1.82) is 0 Å². The summed E-state index contributed by atoms with van der Waals surface area (Å²) in [4.78, 5) is 14.6. The van der Waals surface area contributed by atoms with Gasteiger partial charge in [0.05, 0.1) is 6.20 Å². The predicted octanol–water partition coefficient (Wildman–Crippen LogP) is 0.402. The summed E-state index contributed by atoms with van der Waals surface area (Å²) in [6, 6.07) is 0. The van der Waals surface area contributed by atoms with E-state index >= 15 is 0 Å². The number of carbonyl (C=O) groups is 1. The van der Waals surface area contributed by atoms with Gasteiger partial charge in [0, 0.05) is 5.92 Å². The topological polar surface area (TPSA) is 81.2 Å². The van der Waals surface area contributed by atoms with Crippen molar-refractivity contribution < 1.29 is 9.21 Å². The number of nitrogens with zero attached hydrogens (tertiary/aromatic N) is 1. The van der Waals surface area contributed by atoms with Crippen LogP contribution in [0.15, 0.2) is 10.6 Å². The lowest BCUT2D eigenvalue weighted by Crippen LogP contribution is -2.30. The van der Waals surface area contributed by atoms with Crippen molar-refractivity contribution in [3.05, 3.63) is 17.8 Å². The van der Waals surface area contributed by atoms with Gasteiger partial charge < -0.3 is 4.42 Å². The molecule has 0 saturated heterocycles. The molecule has 0 radical (unpaired) electrons. The zero-order chi connectivity index (χ0) is 9.14. The minimum atomic E-state index is -0.512. The summed E-state index contributed by atoms with van der Waals surface area (Å²) in [6.07, 6.45) is 1.52. The lowest BCUT2D eigenvalue weighted by atomic mass is 10.2. The number of nitrogens with two attached hydrogens (primary N) is 1. The molecule has 5 heteroatoms. The van der Waals surface area contributed by atoms with Gasteiger partial charge >= 0.3 is 5.91 Å². The molecule has 12 heavy (non-hydrogen) atoms. The van der Waals surface area contributed by atoms with Gasteiger partial charge in [0.25, 0.3) is 5.89 Å². The van der Waals surface area contributed by atoms with E-state index in [4.69, 9.17) is 10.3 Å². The van der Waals surface area contributed by atoms with E-state index in [9.17, 15) is 4.79 Å². The Kier molecular flexibility index (Phi) is 2.44. The second-order valence-electron chi connectivity index (χ2n) is 2.70. The number of nitrogen functional groups attached to an aromatic ring is 1. The van der Waals surface area contributed by atoms with Gasteiger partial charge in [-0.05, 0) is 0 Å². The van der Waals surface area contributed by atoms with Crippen LogP contribution in [-0.4, -0.2) is 10.9 Å². The molecule has 0 unspecified atom stereocenters. The third-order valence-corrected chi connectivity index (χ3v) is 1.42. The molecule has 1 heterocycles. The Labute approximate surface area is 69.9 Å². The maximum absolute atomic E-state index is 10.9. The van der Waals surface area contributed by atoms with Crippen LogP contribution >= 0.6 is 0 Å². The van der Waals surface area contributed by atoms with Crippen molar-refractivity contribution in [2.75, 3.05) is 0 Å². The number of hydrogen-bond donors (Lipinski definition) is 2. The van der Waals surface area contributed by atoms with Crippen LogP contribution in [0, 0.1) is 0 Å². The Morgan fingerprint density at radius 1 is 1.75 bits per heavy atom. The number of carbonyl (C=O) groups excluding carboxylic acids is 1. The Balaban J connectivity index is 2.84. The van der Waals surface area contributed by atoms with Gasteiger partial charge in [0.2, 0.25) is 0 Å². The van der Waals surface area contributed by atoms with E-state index < -0.39 is 5.91 Å². The van der Waals surface area contributed by atoms with Crippen LogP contribution in [0.3, 0.4) is 0 Å². The molecule has 0 bridgehead atoms. The minimum Gasteiger partial charge on any atom is -0.437 e. The highest BCUT2D eigenvalue weighted by molar-refractivity contribution is 5.88. The largest absolute Gasteiger partial charge is 0.437 e. The molecule has 5 nitrogen and oxygen atoms in total. The normalized spacial score (nSPS) is 10.3. The molecule has 0 aliphatic carbocycles. The van der Waals surface area contributed by atoms with Crippen molar-refractivity contribution in [2.45, 2.75) is 19.8 Å². The van der Waals surface area contributed by atoms with E-state index in [0.29, 0.717) is 5.76 Å². The third-order valence-electron chi connectivity index (χ3n) is 1.42. The summed E-state index contributed by atoms with van der Waals surface area (Å²) >= 11 is 0. The lowest BCUT2D eigenvalue weighted by Gasteiger charge is -1.96. The number of hydrazine groups is 1. The maximum atomic E-state index is 10.9. The highest BCUT2D eigenvalue weighted by Gasteiger charge is 2.12. The summed E-state index contributed by atoms with van der Waals surface area (Å²) < 4.78 is 5.09. The average Bonchev–Trinajstić information content (AvgIpc) is 2.51. The number of hydrogen-bond acceptors (Lipinski definition) is 4. The lowest BCUT2D eigenvalue weighted by molar-refractivity contribution is 0.0917. The van der Waals surface area contributed by atoms with Crippen molar-refractivity contribution in [3.8, 4) is 0 Å². The second kappa shape index (κ2) is 3.36. The molecule has 0 spiro atoms. The number of aromatic nitrogens is 1. The van der Waals surface area contributed by atoms with Gasteiger partial charge in [-0.1, -0.05) is 13.8 Å². The molecule has 0 aromatic carbocycles. The number of oxazole rings is 1. The molecule has 1 aromatic rings. The zero-order valence-corrected chi connectivity index (χ0v) is 7.00. The van der Waals surface area contributed by atoms with Crippen LogP contribution < -0.4 is 11.3 Å². The van der Waals surface area contributed by atoms with Gasteiger partial charge in [-0.15, -0.1) is 0 Å². The molecular weight excluding hydrogens is 158 g/mol. The van der Waals surface area contributed by atoms with Crippen molar-refractivity contribution in [1.82, 2.24) is 10.4 Å². The Morgan fingerprint density at radius 3 is 2.83 bits per heavy atom. The molecule has 1 rings (SSSR count). The first-order valence-corrected chi connectivity index (χ1v) is 3.61. The van der Waals surface area contributed by atoms with Crippen molar-refractivity contribution >= 4 is 5.91 Å². The smallest absolute Gasteiger partial charge is 0.320 e. The van der Waals surface area contributed by atoms with Crippen LogP contribution in [0.4, 0.5) is 0 Å². The molecular formula is C7H11N3O2. The van der Waals surface area contributed by atoms with Gasteiger partial charge in [0.1, 0.15) is 5.76 Å². The van der Waals surface area contributed by atoms with Crippen LogP contribution in [-0.2, 0) is 0 Å². The zero-order valence-electron chi connectivity index (χ0n) is 7.00. The first kappa shape index (κ1) is 8.73. The molecule has 1 amide bonds. The van der Waals surface area contributed by atoms with E-state index in [0.717, 1.165) is 0 Å². The van der Waals surface area contributed by atoms with Gasteiger partial charge in [-0.2, -0.15) is 0 Å². The summed E-state index contributed by atoms with van der Waals surface area (Å²) in [7, 11) is 0. The third kappa shape index (κ3) is 1.62. The average molecular weight is 169 g/mol. The van der Waals surface area contributed by atoms with E-state index in [-0.39, 0.29) is 11.8 Å². The SMILES string of the molecule is CC(C)c1cnc(C(=O)NN)o1. The Bertz CT molecular complexity index is 280. The first-order valence-electron chi connectivity index (χ1n) is 3.61. The van der Waals surface area contributed by atoms with Crippen LogP contribution in [0.1, 0.15) is 36.2 Å². The van der Waals surface area contributed by atoms with E-state index in [2.05, 4.69) is 4.98 Å². The van der Waals surface area contributed by atoms with E-state index in [1.54, 1.807) is 0 Å². The Hall–Kier alpha value is -1.36. The van der Waals surface area contributed by atoms with Crippen LogP contribution in [0.25, 0.3) is 0 Å². The minimum absolute atomic E-state index is 0.00111. The van der Waals surface area contributed by atoms with Crippen molar-refractivity contribution in [2.24, 2.45) is 5.84 Å². The quantitative estimate of drug-likeness (QED) is 0.381. The van der Waals surface area contributed by atoms with E-state index in [1.165, 1.54) is 6.20 Å². The predicted molar refractivity (Wildman–Crippen MR) is 42.2 cm³/mol. The highest BCUT2D eigenvalue weighted by atomic mass is 16.4. The van der Waals surface area contributed by atoms with E-state index in [1.807, 2.05) is 19.3 Å². The van der Waals surface area contributed by atoms with Crippen molar-refractivity contribution in [3.63, 3.8) is 0 Å². The monoisotopic (exact) mass is 169 g/mol. The fourth-order valence-electron chi connectivity index (χ4n) is 0.720. The highest BCUT2D eigenvalue weighted by Crippen LogP contribution is 2.14. The molecule has 3 N–H and O–H groups in total. The van der Waals surface area contributed by atoms with Gasteiger partial charge in [0.15, 0.2) is 0 Å². The standard InChI is InChI=1S/C7H11N3O2/c1-4(2)5-3-9-7(12-5)6(11)10-8/h3-4H,8H2,1-2H3,(H,10,11). The second-order valence-corrected chi connectivity index (χ2v) is 2.70. The number of nitrogens with one attached hydrogen (secondary N) is 1. The fraction of sp³-hybridized carbons (Fsp3) is 0.429. The number of amides is 1. The molecule has 0 aliphatic heterocycles. The Morgan fingerprint density at radius 2 is 2.42 bits per heavy atom.